The topological polar surface area (TPSA) is 96.6 Å². The summed E-state index contributed by atoms with van der Waals surface area (Å²) in [6.07, 6.45) is 0. The van der Waals surface area contributed by atoms with Crippen molar-refractivity contribution in [3.63, 3.8) is 0 Å². The Balaban J connectivity index is 0.00000288. The zero-order valence-electron chi connectivity index (χ0n) is 13.4. The molecule has 0 spiro atoms. The van der Waals surface area contributed by atoms with E-state index in [2.05, 4.69) is 34.7 Å². The maximum atomic E-state index is 11.4. The fraction of sp³-hybridized carbons (Fsp3) is 0.267. The van der Waals surface area contributed by atoms with Crippen molar-refractivity contribution in [1.29, 1.82) is 0 Å². The third kappa shape index (κ3) is 6.38. The number of nitrogens with one attached hydrogen (secondary N) is 2. The van der Waals surface area contributed by atoms with Crippen LogP contribution < -0.4 is 15.8 Å². The molecule has 0 aliphatic rings. The van der Waals surface area contributed by atoms with E-state index in [1.165, 1.54) is 15.8 Å². The van der Waals surface area contributed by atoms with E-state index < -0.39 is 10.0 Å². The summed E-state index contributed by atoms with van der Waals surface area (Å²) in [6, 6.07) is 10.7. The Kier molecular flexibility index (Phi) is 8.13. The average Bonchev–Trinajstić information content (AvgIpc) is 2.92. The van der Waals surface area contributed by atoms with Gasteiger partial charge in [-0.3, -0.25) is 4.99 Å². The number of rotatable bonds is 5. The summed E-state index contributed by atoms with van der Waals surface area (Å²) in [5.41, 5.74) is 0.812. The number of primary sulfonamides is 1. The maximum Gasteiger partial charge on any atom is 0.238 e. The minimum atomic E-state index is -3.69. The Morgan fingerprint density at radius 1 is 1.21 bits per heavy atom. The highest BCUT2D eigenvalue weighted by Crippen LogP contribution is 2.14. The van der Waals surface area contributed by atoms with Crippen LogP contribution in [0, 0.1) is 6.92 Å². The first-order valence-corrected chi connectivity index (χ1v) is 9.36. The fourth-order valence-electron chi connectivity index (χ4n) is 1.99. The standard InChI is InChI=1S/C15H20N4O2S2.HI/c1-11-6-7-13(22-11)10-19-15(17-2)18-9-12-4-3-5-14(8-12)23(16,20)21;/h3-8H,9-10H2,1-2H3,(H2,16,20,21)(H2,17,18,19);1H. The molecular weight excluding hydrogens is 459 g/mol. The second-order valence-electron chi connectivity index (χ2n) is 4.98. The molecular formula is C15H21IN4O2S2. The van der Waals surface area contributed by atoms with Gasteiger partial charge in [-0.25, -0.2) is 13.6 Å². The molecule has 0 aliphatic carbocycles. The quantitative estimate of drug-likeness (QED) is 0.347. The molecule has 0 aliphatic heterocycles. The van der Waals surface area contributed by atoms with Crippen LogP contribution in [0.25, 0.3) is 0 Å². The lowest BCUT2D eigenvalue weighted by Gasteiger charge is -2.11. The van der Waals surface area contributed by atoms with Crippen molar-refractivity contribution in [1.82, 2.24) is 10.6 Å². The van der Waals surface area contributed by atoms with Crippen LogP contribution in [0.15, 0.2) is 46.3 Å². The van der Waals surface area contributed by atoms with Crippen molar-refractivity contribution in [3.05, 3.63) is 51.7 Å². The third-order valence-electron chi connectivity index (χ3n) is 3.14. The minimum Gasteiger partial charge on any atom is -0.352 e. The summed E-state index contributed by atoms with van der Waals surface area (Å²) in [5, 5.41) is 11.5. The number of thiophene rings is 1. The monoisotopic (exact) mass is 480 g/mol. The average molecular weight is 480 g/mol. The third-order valence-corrected chi connectivity index (χ3v) is 5.05. The molecule has 0 fully saturated rings. The van der Waals surface area contributed by atoms with Gasteiger partial charge in [0.1, 0.15) is 0 Å². The highest BCUT2D eigenvalue weighted by Gasteiger charge is 2.08. The van der Waals surface area contributed by atoms with Gasteiger partial charge in [-0.05, 0) is 36.8 Å². The molecule has 0 unspecified atom stereocenters. The van der Waals surface area contributed by atoms with Crippen molar-refractivity contribution >= 4 is 51.3 Å². The molecule has 0 radical (unpaired) electrons. The summed E-state index contributed by atoms with van der Waals surface area (Å²) < 4.78 is 22.7. The number of benzene rings is 1. The zero-order chi connectivity index (χ0) is 16.9. The van der Waals surface area contributed by atoms with E-state index >= 15 is 0 Å². The number of nitrogens with two attached hydrogens (primary N) is 1. The van der Waals surface area contributed by atoms with Gasteiger partial charge < -0.3 is 10.6 Å². The molecule has 1 heterocycles. The van der Waals surface area contributed by atoms with Crippen molar-refractivity contribution in [2.24, 2.45) is 10.1 Å². The molecule has 0 saturated heterocycles. The summed E-state index contributed by atoms with van der Waals surface area (Å²) in [7, 11) is -2.00. The molecule has 1 aromatic heterocycles. The van der Waals surface area contributed by atoms with Gasteiger partial charge in [0.05, 0.1) is 11.4 Å². The summed E-state index contributed by atoms with van der Waals surface area (Å²) in [6.45, 7) is 3.21. The zero-order valence-corrected chi connectivity index (χ0v) is 17.4. The van der Waals surface area contributed by atoms with Crippen LogP contribution >= 0.6 is 35.3 Å². The lowest BCUT2D eigenvalue weighted by atomic mass is 10.2. The second-order valence-corrected chi connectivity index (χ2v) is 7.92. The SMILES string of the molecule is CN=C(NCc1cccc(S(N)(=O)=O)c1)NCc1ccc(C)s1.I. The number of guanidine groups is 1. The predicted octanol–water partition coefficient (Wildman–Crippen LogP) is 2.19. The first-order valence-electron chi connectivity index (χ1n) is 7.00. The molecule has 0 amide bonds. The molecule has 0 bridgehead atoms. The van der Waals surface area contributed by atoms with Crippen LogP contribution in [-0.4, -0.2) is 21.4 Å². The van der Waals surface area contributed by atoms with Crippen LogP contribution in [-0.2, 0) is 23.1 Å². The fourth-order valence-corrected chi connectivity index (χ4v) is 3.40. The van der Waals surface area contributed by atoms with E-state index in [9.17, 15) is 8.42 Å². The van der Waals surface area contributed by atoms with E-state index in [-0.39, 0.29) is 28.9 Å². The molecule has 24 heavy (non-hydrogen) atoms. The maximum absolute atomic E-state index is 11.4. The van der Waals surface area contributed by atoms with E-state index in [4.69, 9.17) is 5.14 Å². The van der Waals surface area contributed by atoms with Gasteiger partial charge in [0, 0.05) is 23.3 Å². The molecule has 0 atom stereocenters. The summed E-state index contributed by atoms with van der Waals surface area (Å²) in [4.78, 5) is 6.75. The Morgan fingerprint density at radius 2 is 1.92 bits per heavy atom. The number of sulfonamides is 1. The largest absolute Gasteiger partial charge is 0.352 e. The number of halogens is 1. The number of hydrogen-bond donors (Lipinski definition) is 3. The first kappa shape index (κ1) is 20.9. The molecule has 9 heteroatoms. The Bertz CT molecular complexity index is 803. The van der Waals surface area contributed by atoms with E-state index in [0.29, 0.717) is 19.0 Å². The molecule has 132 valence electrons. The Labute approximate surface area is 163 Å². The van der Waals surface area contributed by atoms with Crippen LogP contribution in [0.3, 0.4) is 0 Å². The molecule has 1 aromatic carbocycles. The van der Waals surface area contributed by atoms with Crippen molar-refractivity contribution in [2.45, 2.75) is 24.9 Å². The van der Waals surface area contributed by atoms with Crippen molar-refractivity contribution in [3.8, 4) is 0 Å². The molecule has 4 N–H and O–H groups in total. The van der Waals surface area contributed by atoms with Crippen LogP contribution in [0.5, 0.6) is 0 Å². The van der Waals surface area contributed by atoms with Gasteiger partial charge in [-0.15, -0.1) is 35.3 Å². The number of aryl methyl sites for hydroxylation is 1. The normalized spacial score (nSPS) is 11.7. The van der Waals surface area contributed by atoms with Gasteiger partial charge in [0.15, 0.2) is 5.96 Å². The van der Waals surface area contributed by atoms with Gasteiger partial charge in [0.25, 0.3) is 0 Å². The lowest BCUT2D eigenvalue weighted by Crippen LogP contribution is -2.36. The summed E-state index contributed by atoms with van der Waals surface area (Å²) >= 11 is 1.73. The smallest absolute Gasteiger partial charge is 0.238 e. The van der Waals surface area contributed by atoms with Gasteiger partial charge in [0.2, 0.25) is 10.0 Å². The number of aliphatic imine (C=N–C) groups is 1. The highest BCUT2D eigenvalue weighted by molar-refractivity contribution is 14.0. The number of hydrogen-bond acceptors (Lipinski definition) is 4. The van der Waals surface area contributed by atoms with Crippen molar-refractivity contribution < 1.29 is 8.42 Å². The summed E-state index contributed by atoms with van der Waals surface area (Å²) in [5.74, 6) is 0.650. The van der Waals surface area contributed by atoms with Crippen LogP contribution in [0.1, 0.15) is 15.3 Å². The number of nitrogens with zero attached hydrogens (tertiary/aromatic N) is 1. The van der Waals surface area contributed by atoms with E-state index in [1.807, 2.05) is 6.07 Å². The predicted molar refractivity (Wildman–Crippen MR) is 109 cm³/mol. The molecule has 2 aromatic rings. The molecule has 2 rings (SSSR count). The Hall–Kier alpha value is -1.17. The van der Waals surface area contributed by atoms with E-state index in [1.54, 1.807) is 30.5 Å². The first-order chi connectivity index (χ1) is 10.9. The Morgan fingerprint density at radius 3 is 2.50 bits per heavy atom. The van der Waals surface area contributed by atoms with Crippen molar-refractivity contribution in [2.75, 3.05) is 7.05 Å². The minimum absolute atomic E-state index is 0. The van der Waals surface area contributed by atoms with E-state index in [0.717, 1.165) is 5.56 Å². The van der Waals surface area contributed by atoms with Gasteiger partial charge in [-0.1, -0.05) is 12.1 Å². The van der Waals surface area contributed by atoms with Crippen LogP contribution in [0.4, 0.5) is 0 Å². The lowest BCUT2D eigenvalue weighted by molar-refractivity contribution is 0.597. The second kappa shape index (κ2) is 9.35. The van der Waals surface area contributed by atoms with Gasteiger partial charge >= 0.3 is 0 Å². The van der Waals surface area contributed by atoms with Crippen LogP contribution in [0.2, 0.25) is 0 Å². The molecule has 0 saturated carbocycles. The molecule has 6 nitrogen and oxygen atoms in total. The van der Waals surface area contributed by atoms with Gasteiger partial charge in [-0.2, -0.15) is 0 Å². The highest BCUT2D eigenvalue weighted by atomic mass is 127.